The van der Waals surface area contributed by atoms with Gasteiger partial charge in [0.2, 0.25) is 0 Å². The molecule has 2 heterocycles. The summed E-state index contributed by atoms with van der Waals surface area (Å²) in [6.45, 7) is 3.83. The highest BCUT2D eigenvalue weighted by molar-refractivity contribution is 9.10. The fourth-order valence-electron chi connectivity index (χ4n) is 2.32. The zero-order valence-corrected chi connectivity index (χ0v) is 12.1. The van der Waals surface area contributed by atoms with E-state index in [2.05, 4.69) is 36.8 Å². The topological polar surface area (TPSA) is 69.8 Å². The SMILES string of the molecule is Cc1n[nH]c(C)c1NC1C(=O)Nc2cccc(Br)c21. The number of hydrogen-bond acceptors (Lipinski definition) is 3. The lowest BCUT2D eigenvalue weighted by Crippen LogP contribution is -2.20. The van der Waals surface area contributed by atoms with Crippen LogP contribution in [0.5, 0.6) is 0 Å². The van der Waals surface area contributed by atoms with Gasteiger partial charge in [0.1, 0.15) is 6.04 Å². The second-order valence-corrected chi connectivity index (χ2v) is 5.43. The molecular weight excluding hydrogens is 308 g/mol. The largest absolute Gasteiger partial charge is 0.367 e. The Bertz CT molecular complexity index is 645. The zero-order valence-electron chi connectivity index (χ0n) is 10.5. The van der Waals surface area contributed by atoms with E-state index in [1.54, 1.807) is 0 Å². The number of hydrogen-bond donors (Lipinski definition) is 3. The molecule has 3 rings (SSSR count). The molecule has 6 heteroatoms. The maximum Gasteiger partial charge on any atom is 0.251 e. The van der Waals surface area contributed by atoms with Gasteiger partial charge < -0.3 is 10.6 Å². The highest BCUT2D eigenvalue weighted by Gasteiger charge is 2.33. The molecule has 98 valence electrons. The second kappa shape index (κ2) is 4.38. The summed E-state index contributed by atoms with van der Waals surface area (Å²) in [5, 5.41) is 13.2. The van der Waals surface area contributed by atoms with Crippen molar-refractivity contribution in [1.82, 2.24) is 10.2 Å². The first-order chi connectivity index (χ1) is 9.08. The van der Waals surface area contributed by atoms with Crippen LogP contribution in [0.15, 0.2) is 22.7 Å². The molecule has 0 bridgehead atoms. The first-order valence-electron chi connectivity index (χ1n) is 5.95. The molecule has 0 fully saturated rings. The standard InChI is InChI=1S/C13H13BrN4O/c1-6-11(7(2)18-17-6)16-12-10-8(14)4-3-5-9(10)15-13(12)19/h3-5,12,16H,1-2H3,(H,15,19)(H,17,18). The minimum Gasteiger partial charge on any atom is -0.367 e. The van der Waals surface area contributed by atoms with E-state index < -0.39 is 6.04 Å². The van der Waals surface area contributed by atoms with Crippen LogP contribution in [-0.2, 0) is 4.79 Å². The number of nitrogens with one attached hydrogen (secondary N) is 3. The highest BCUT2D eigenvalue weighted by atomic mass is 79.9. The normalized spacial score (nSPS) is 17.2. The summed E-state index contributed by atoms with van der Waals surface area (Å²) in [6, 6.07) is 5.33. The van der Waals surface area contributed by atoms with Crippen molar-refractivity contribution >= 4 is 33.2 Å². The number of carbonyl (C=O) groups excluding carboxylic acids is 1. The molecule has 1 aromatic carbocycles. The maximum absolute atomic E-state index is 12.1. The third-order valence-electron chi connectivity index (χ3n) is 3.28. The van der Waals surface area contributed by atoms with Crippen molar-refractivity contribution in [3.8, 4) is 0 Å². The van der Waals surface area contributed by atoms with Gasteiger partial charge in [0.25, 0.3) is 5.91 Å². The Morgan fingerprint density at radius 2 is 2.16 bits per heavy atom. The Balaban J connectivity index is 2.01. The fourth-order valence-corrected chi connectivity index (χ4v) is 2.92. The van der Waals surface area contributed by atoms with E-state index >= 15 is 0 Å². The molecule has 1 aromatic heterocycles. The summed E-state index contributed by atoms with van der Waals surface area (Å²) in [5.74, 6) is -0.0538. The lowest BCUT2D eigenvalue weighted by atomic mass is 10.1. The van der Waals surface area contributed by atoms with Crippen molar-refractivity contribution in [3.05, 3.63) is 39.6 Å². The summed E-state index contributed by atoms with van der Waals surface area (Å²) in [7, 11) is 0. The minimum absolute atomic E-state index is 0.0538. The van der Waals surface area contributed by atoms with Crippen LogP contribution in [0.3, 0.4) is 0 Å². The molecule has 3 N–H and O–H groups in total. The quantitative estimate of drug-likeness (QED) is 0.796. The predicted octanol–water partition coefficient (Wildman–Crippen LogP) is 2.89. The summed E-state index contributed by atoms with van der Waals surface area (Å²) < 4.78 is 0.916. The molecule has 0 saturated carbocycles. The summed E-state index contributed by atoms with van der Waals surface area (Å²) in [5.41, 5.74) is 4.43. The molecule has 0 radical (unpaired) electrons. The fraction of sp³-hybridized carbons (Fsp3) is 0.231. The molecule has 0 saturated heterocycles. The third-order valence-corrected chi connectivity index (χ3v) is 3.97. The number of aromatic amines is 1. The number of aromatic nitrogens is 2. The molecule has 1 amide bonds. The van der Waals surface area contributed by atoms with Crippen molar-refractivity contribution in [2.24, 2.45) is 0 Å². The summed E-state index contributed by atoms with van der Waals surface area (Å²) >= 11 is 3.50. The molecule has 0 aliphatic carbocycles. The van der Waals surface area contributed by atoms with E-state index in [0.717, 1.165) is 32.8 Å². The number of carbonyl (C=O) groups is 1. The minimum atomic E-state index is -0.402. The lowest BCUT2D eigenvalue weighted by molar-refractivity contribution is -0.116. The molecule has 1 atom stereocenters. The van der Waals surface area contributed by atoms with Gasteiger partial charge in [0.15, 0.2) is 0 Å². The third kappa shape index (κ3) is 1.92. The molecule has 1 aliphatic rings. The number of fused-ring (bicyclic) bond motifs is 1. The molecule has 2 aromatic rings. The van der Waals surface area contributed by atoms with Crippen molar-refractivity contribution in [3.63, 3.8) is 0 Å². The van der Waals surface area contributed by atoms with E-state index in [9.17, 15) is 4.79 Å². The smallest absolute Gasteiger partial charge is 0.251 e. The first kappa shape index (κ1) is 12.2. The van der Waals surface area contributed by atoms with Crippen LogP contribution in [0.1, 0.15) is 23.0 Å². The van der Waals surface area contributed by atoms with Gasteiger partial charge in [-0.2, -0.15) is 5.10 Å². The summed E-state index contributed by atoms with van der Waals surface area (Å²) in [6.07, 6.45) is 0. The first-order valence-corrected chi connectivity index (χ1v) is 6.74. The van der Waals surface area contributed by atoms with E-state index in [4.69, 9.17) is 0 Å². The Morgan fingerprint density at radius 3 is 2.84 bits per heavy atom. The van der Waals surface area contributed by atoms with E-state index in [1.807, 2.05) is 32.0 Å². The van der Waals surface area contributed by atoms with E-state index in [1.165, 1.54) is 0 Å². The van der Waals surface area contributed by atoms with Crippen LogP contribution in [0, 0.1) is 13.8 Å². The number of benzene rings is 1. The van der Waals surface area contributed by atoms with Crippen LogP contribution < -0.4 is 10.6 Å². The van der Waals surface area contributed by atoms with Crippen LogP contribution in [0.4, 0.5) is 11.4 Å². The van der Waals surface area contributed by atoms with Crippen LogP contribution in [-0.4, -0.2) is 16.1 Å². The Labute approximate surface area is 118 Å². The second-order valence-electron chi connectivity index (χ2n) is 4.58. The number of aryl methyl sites for hydroxylation is 2. The number of rotatable bonds is 2. The average molecular weight is 321 g/mol. The van der Waals surface area contributed by atoms with Crippen LogP contribution in [0.2, 0.25) is 0 Å². The van der Waals surface area contributed by atoms with Gasteiger partial charge in [0.05, 0.1) is 17.1 Å². The Morgan fingerprint density at radius 1 is 1.37 bits per heavy atom. The number of nitrogens with zero attached hydrogens (tertiary/aromatic N) is 1. The van der Waals surface area contributed by atoms with Gasteiger partial charge in [-0.05, 0) is 26.0 Å². The van der Waals surface area contributed by atoms with Gasteiger partial charge in [-0.25, -0.2) is 0 Å². The number of halogens is 1. The van der Waals surface area contributed by atoms with Crippen molar-refractivity contribution < 1.29 is 4.79 Å². The molecule has 5 nitrogen and oxygen atoms in total. The molecule has 0 spiro atoms. The number of H-pyrrole nitrogens is 1. The highest BCUT2D eigenvalue weighted by Crippen LogP contribution is 2.38. The number of amides is 1. The van der Waals surface area contributed by atoms with Crippen molar-refractivity contribution in [1.29, 1.82) is 0 Å². The Hall–Kier alpha value is -1.82. The average Bonchev–Trinajstić information content (AvgIpc) is 2.85. The Kier molecular flexibility index (Phi) is 2.82. The zero-order chi connectivity index (χ0) is 13.6. The van der Waals surface area contributed by atoms with Crippen molar-refractivity contribution in [2.75, 3.05) is 10.6 Å². The van der Waals surface area contributed by atoms with Gasteiger partial charge in [0, 0.05) is 15.7 Å². The lowest BCUT2D eigenvalue weighted by Gasteiger charge is -2.14. The summed E-state index contributed by atoms with van der Waals surface area (Å²) in [4.78, 5) is 12.1. The predicted molar refractivity (Wildman–Crippen MR) is 77.2 cm³/mol. The molecule has 1 unspecified atom stereocenters. The van der Waals surface area contributed by atoms with Crippen LogP contribution in [0.25, 0.3) is 0 Å². The molecule has 1 aliphatic heterocycles. The van der Waals surface area contributed by atoms with Gasteiger partial charge in [-0.15, -0.1) is 0 Å². The molecular formula is C13H13BrN4O. The molecule has 19 heavy (non-hydrogen) atoms. The maximum atomic E-state index is 12.1. The monoisotopic (exact) mass is 320 g/mol. The van der Waals surface area contributed by atoms with Gasteiger partial charge in [-0.1, -0.05) is 22.0 Å². The van der Waals surface area contributed by atoms with Crippen molar-refractivity contribution in [2.45, 2.75) is 19.9 Å². The van der Waals surface area contributed by atoms with Gasteiger partial charge in [-0.3, -0.25) is 9.89 Å². The van der Waals surface area contributed by atoms with E-state index in [-0.39, 0.29) is 5.91 Å². The van der Waals surface area contributed by atoms with Gasteiger partial charge >= 0.3 is 0 Å². The number of anilines is 2. The van der Waals surface area contributed by atoms with E-state index in [0.29, 0.717) is 0 Å². The van der Waals surface area contributed by atoms with Crippen LogP contribution >= 0.6 is 15.9 Å².